The number of carbonyl (C=O) groups is 3. The van der Waals surface area contributed by atoms with Crippen LogP contribution in [0.1, 0.15) is 12.8 Å². The lowest BCUT2D eigenvalue weighted by Gasteiger charge is -2.18. The predicted octanol–water partition coefficient (Wildman–Crippen LogP) is 0.895. The summed E-state index contributed by atoms with van der Waals surface area (Å²) in [5.41, 5.74) is -0.391. The maximum atomic E-state index is 10.3. The summed E-state index contributed by atoms with van der Waals surface area (Å²) in [4.78, 5) is 38.4. The Kier molecular flexibility index (Phi) is 7.16. The van der Waals surface area contributed by atoms with Crippen LogP contribution in [0.25, 0.3) is 11.1 Å². The van der Waals surface area contributed by atoms with Crippen LogP contribution in [0.4, 0.5) is 0 Å². The van der Waals surface area contributed by atoms with Crippen molar-refractivity contribution in [1.82, 2.24) is 9.97 Å². The summed E-state index contributed by atoms with van der Waals surface area (Å²) in [5, 5.41) is 33.8. The van der Waals surface area contributed by atoms with Crippen LogP contribution >= 0.6 is 0 Å². The molecule has 2 aromatic rings. The summed E-state index contributed by atoms with van der Waals surface area (Å²) >= 11 is 0. The van der Waals surface area contributed by atoms with Crippen LogP contribution in [0.5, 0.6) is 0 Å². The zero-order valence-corrected chi connectivity index (χ0v) is 12.9. The third-order valence-corrected chi connectivity index (χ3v) is 2.98. The maximum Gasteiger partial charge on any atom is 0.336 e. The Morgan fingerprint density at radius 3 is 1.32 bits per heavy atom. The van der Waals surface area contributed by atoms with Gasteiger partial charge in [-0.15, -0.1) is 0 Å². The first-order valence-electron chi connectivity index (χ1n) is 6.94. The standard InChI is InChI=1S/C10H8N2.C6H8O7/c1-5-11-6-2-9(1)10-3-7-12-8-4-10;7-3(8)1-6(13,5(11)12)2-4(9)10/h1-8H;13H,1-2H2,(H,7,8)(H,9,10)(H,11,12). The smallest absolute Gasteiger partial charge is 0.336 e. The first kappa shape index (κ1) is 19.7. The quantitative estimate of drug-likeness (QED) is 0.595. The first-order valence-corrected chi connectivity index (χ1v) is 6.94. The van der Waals surface area contributed by atoms with Crippen molar-refractivity contribution in [2.45, 2.75) is 18.4 Å². The number of hydrogen-bond donors (Lipinski definition) is 4. The number of pyridine rings is 2. The van der Waals surface area contributed by atoms with Crippen molar-refractivity contribution in [1.29, 1.82) is 0 Å². The number of nitrogens with zero attached hydrogens (tertiary/aromatic N) is 2. The highest BCUT2D eigenvalue weighted by Crippen LogP contribution is 2.16. The molecule has 0 unspecified atom stereocenters. The molecule has 0 atom stereocenters. The van der Waals surface area contributed by atoms with Crippen molar-refractivity contribution in [3.8, 4) is 11.1 Å². The molecule has 0 bridgehead atoms. The SMILES string of the molecule is O=C(O)CC(O)(CC(=O)O)C(=O)O.c1cc(-c2ccncc2)ccn1. The van der Waals surface area contributed by atoms with Crippen LogP contribution in [0.15, 0.2) is 49.1 Å². The molecule has 0 fully saturated rings. The molecule has 9 nitrogen and oxygen atoms in total. The third kappa shape index (κ3) is 6.75. The van der Waals surface area contributed by atoms with Gasteiger partial charge in [-0.25, -0.2) is 4.79 Å². The Morgan fingerprint density at radius 2 is 1.08 bits per heavy atom. The fraction of sp³-hybridized carbons (Fsp3) is 0.188. The van der Waals surface area contributed by atoms with E-state index in [0.29, 0.717) is 0 Å². The summed E-state index contributed by atoms with van der Waals surface area (Å²) in [6.07, 6.45) is 4.86. The van der Waals surface area contributed by atoms with E-state index in [4.69, 9.17) is 20.4 Å². The van der Waals surface area contributed by atoms with Crippen LogP contribution < -0.4 is 0 Å². The van der Waals surface area contributed by atoms with Crippen LogP contribution in [0.3, 0.4) is 0 Å². The molecule has 0 saturated carbocycles. The van der Waals surface area contributed by atoms with E-state index in [0.717, 1.165) is 0 Å². The largest absolute Gasteiger partial charge is 0.481 e. The lowest BCUT2D eigenvalue weighted by atomic mass is 9.96. The second kappa shape index (κ2) is 9.08. The molecule has 4 N–H and O–H groups in total. The lowest BCUT2D eigenvalue weighted by Crippen LogP contribution is -2.42. The number of carboxylic acid groups (broad SMARTS) is 3. The van der Waals surface area contributed by atoms with Gasteiger partial charge >= 0.3 is 17.9 Å². The van der Waals surface area contributed by atoms with Gasteiger partial charge in [-0.3, -0.25) is 19.6 Å². The summed E-state index contributed by atoms with van der Waals surface area (Å²) in [5.74, 6) is -5.02. The number of aliphatic carboxylic acids is 3. The molecule has 25 heavy (non-hydrogen) atoms. The van der Waals surface area contributed by atoms with E-state index >= 15 is 0 Å². The first-order chi connectivity index (χ1) is 11.7. The van der Waals surface area contributed by atoms with Crippen molar-refractivity contribution < 1.29 is 34.8 Å². The minimum Gasteiger partial charge on any atom is -0.481 e. The normalized spacial score (nSPS) is 10.3. The Morgan fingerprint density at radius 1 is 0.760 bits per heavy atom. The van der Waals surface area contributed by atoms with Gasteiger partial charge in [0.1, 0.15) is 0 Å². The van der Waals surface area contributed by atoms with Gasteiger partial charge in [0.2, 0.25) is 0 Å². The van der Waals surface area contributed by atoms with E-state index in [9.17, 15) is 14.4 Å². The number of hydrogen-bond acceptors (Lipinski definition) is 6. The van der Waals surface area contributed by atoms with E-state index in [1.807, 2.05) is 24.3 Å². The highest BCUT2D eigenvalue weighted by molar-refractivity contribution is 5.88. The molecule has 0 aliphatic rings. The van der Waals surface area contributed by atoms with E-state index in [1.165, 1.54) is 11.1 Å². The number of aromatic nitrogens is 2. The second-order valence-corrected chi connectivity index (χ2v) is 4.95. The molecule has 0 aromatic carbocycles. The van der Waals surface area contributed by atoms with Gasteiger partial charge < -0.3 is 20.4 Å². The number of aliphatic hydroxyl groups is 1. The second-order valence-electron chi connectivity index (χ2n) is 4.95. The van der Waals surface area contributed by atoms with Crippen molar-refractivity contribution in [2.24, 2.45) is 0 Å². The van der Waals surface area contributed by atoms with Crippen molar-refractivity contribution in [3.63, 3.8) is 0 Å². The monoisotopic (exact) mass is 348 g/mol. The molecule has 0 spiro atoms. The molecule has 2 aromatic heterocycles. The molecule has 0 radical (unpaired) electrons. The van der Waals surface area contributed by atoms with E-state index < -0.39 is 36.4 Å². The fourth-order valence-electron chi connectivity index (χ4n) is 1.80. The summed E-state index contributed by atoms with van der Waals surface area (Å²) in [6, 6.07) is 7.93. The molecule has 2 rings (SSSR count). The van der Waals surface area contributed by atoms with Crippen LogP contribution in [-0.2, 0) is 14.4 Å². The van der Waals surface area contributed by atoms with Crippen LogP contribution in [0, 0.1) is 0 Å². The minimum absolute atomic E-state index is 1.14. The highest BCUT2D eigenvalue weighted by atomic mass is 16.4. The van der Waals surface area contributed by atoms with Crippen molar-refractivity contribution in [3.05, 3.63) is 49.1 Å². The lowest BCUT2D eigenvalue weighted by molar-refractivity contribution is -0.170. The molecule has 0 aliphatic carbocycles. The minimum atomic E-state index is -2.74. The Balaban J connectivity index is 0.000000250. The zero-order chi connectivity index (χ0) is 18.9. The summed E-state index contributed by atoms with van der Waals surface area (Å²) in [7, 11) is 0. The van der Waals surface area contributed by atoms with Crippen molar-refractivity contribution in [2.75, 3.05) is 0 Å². The highest BCUT2D eigenvalue weighted by Gasteiger charge is 2.40. The molecule has 0 saturated heterocycles. The predicted molar refractivity (Wildman–Crippen MR) is 84.6 cm³/mol. The van der Waals surface area contributed by atoms with Gasteiger partial charge in [-0.2, -0.15) is 0 Å². The average Bonchev–Trinajstić information content (AvgIpc) is 2.55. The summed E-state index contributed by atoms with van der Waals surface area (Å²) in [6.45, 7) is 0. The average molecular weight is 348 g/mol. The molecule has 132 valence electrons. The van der Waals surface area contributed by atoms with Gasteiger partial charge in [0.15, 0.2) is 5.60 Å². The topological polar surface area (TPSA) is 158 Å². The van der Waals surface area contributed by atoms with Gasteiger partial charge in [-0.05, 0) is 35.4 Å². The van der Waals surface area contributed by atoms with Crippen molar-refractivity contribution >= 4 is 17.9 Å². The molecule has 9 heteroatoms. The third-order valence-electron chi connectivity index (χ3n) is 2.98. The number of carboxylic acids is 3. The Hall–Kier alpha value is -3.33. The molecule has 2 heterocycles. The molecule has 0 aliphatic heterocycles. The Bertz CT molecular complexity index is 666. The summed E-state index contributed by atoms with van der Waals surface area (Å²) < 4.78 is 0. The number of rotatable bonds is 6. The maximum absolute atomic E-state index is 10.3. The van der Waals surface area contributed by atoms with E-state index in [2.05, 4.69) is 9.97 Å². The molecular formula is C16H16N2O7. The van der Waals surface area contributed by atoms with E-state index in [-0.39, 0.29) is 0 Å². The zero-order valence-electron chi connectivity index (χ0n) is 12.9. The van der Waals surface area contributed by atoms with E-state index in [1.54, 1.807) is 24.8 Å². The van der Waals surface area contributed by atoms with Gasteiger partial charge in [0, 0.05) is 24.8 Å². The molecular weight excluding hydrogens is 332 g/mol. The Labute approximate surface area is 142 Å². The van der Waals surface area contributed by atoms with Crippen LogP contribution in [-0.4, -0.2) is 53.9 Å². The molecule has 0 amide bonds. The fourth-order valence-corrected chi connectivity index (χ4v) is 1.80. The van der Waals surface area contributed by atoms with Gasteiger partial charge in [-0.1, -0.05) is 0 Å². The van der Waals surface area contributed by atoms with Crippen LogP contribution in [0.2, 0.25) is 0 Å². The van der Waals surface area contributed by atoms with Gasteiger partial charge in [0.05, 0.1) is 12.8 Å². The van der Waals surface area contributed by atoms with Gasteiger partial charge in [0.25, 0.3) is 0 Å².